The molecule has 0 radical (unpaired) electrons. The van der Waals surface area contributed by atoms with Crippen LogP contribution in [0, 0.1) is 0 Å². The van der Waals surface area contributed by atoms with E-state index in [0.29, 0.717) is 6.42 Å². The molecule has 1 aliphatic carbocycles. The molecule has 1 aromatic rings. The van der Waals surface area contributed by atoms with Gasteiger partial charge < -0.3 is 9.84 Å². The van der Waals surface area contributed by atoms with Gasteiger partial charge in [-0.05, 0) is 11.1 Å². The fourth-order valence-electron chi connectivity index (χ4n) is 1.86. The smallest absolute Gasteiger partial charge is 0.303 e. The summed E-state index contributed by atoms with van der Waals surface area (Å²) in [5, 5.41) is 9.81. The molecule has 0 aromatic heterocycles. The summed E-state index contributed by atoms with van der Waals surface area (Å²) < 4.78 is 5.02. The molecule has 0 saturated carbocycles. The van der Waals surface area contributed by atoms with E-state index in [2.05, 4.69) is 0 Å². The second-order valence-corrected chi connectivity index (χ2v) is 3.50. The molecular formula is C11H12O3. The van der Waals surface area contributed by atoms with E-state index in [-0.39, 0.29) is 5.97 Å². The predicted octanol–water partition coefficient (Wildman–Crippen LogP) is 1.21. The summed E-state index contributed by atoms with van der Waals surface area (Å²) >= 11 is 0. The lowest BCUT2D eigenvalue weighted by Gasteiger charge is -2.14. The summed E-state index contributed by atoms with van der Waals surface area (Å²) in [6.07, 6.45) is -0.475. The van der Waals surface area contributed by atoms with Crippen LogP contribution in [-0.2, 0) is 16.0 Å². The highest BCUT2D eigenvalue weighted by molar-refractivity contribution is 5.66. The van der Waals surface area contributed by atoms with Crippen molar-refractivity contribution in [3.05, 3.63) is 35.4 Å². The van der Waals surface area contributed by atoms with Crippen LogP contribution in [0.4, 0.5) is 0 Å². The number of esters is 1. The highest BCUT2D eigenvalue weighted by Crippen LogP contribution is 2.32. The molecule has 1 aliphatic rings. The normalized spacial score (nSPS) is 24.4. The van der Waals surface area contributed by atoms with Gasteiger partial charge in [-0.2, -0.15) is 0 Å². The lowest BCUT2D eigenvalue weighted by Crippen LogP contribution is -2.20. The van der Waals surface area contributed by atoms with E-state index in [4.69, 9.17) is 4.74 Å². The molecule has 0 fully saturated rings. The Morgan fingerprint density at radius 1 is 1.50 bits per heavy atom. The van der Waals surface area contributed by atoms with Crippen LogP contribution in [-0.4, -0.2) is 17.2 Å². The highest BCUT2D eigenvalue weighted by Gasteiger charge is 2.32. The molecule has 3 nitrogen and oxygen atoms in total. The molecule has 3 heteroatoms. The van der Waals surface area contributed by atoms with Crippen molar-refractivity contribution < 1.29 is 14.6 Å². The Bertz CT molecular complexity index is 359. The second-order valence-electron chi connectivity index (χ2n) is 3.50. The van der Waals surface area contributed by atoms with Gasteiger partial charge >= 0.3 is 5.97 Å². The zero-order valence-corrected chi connectivity index (χ0v) is 7.93. The number of fused-ring (bicyclic) bond motifs is 1. The maximum atomic E-state index is 10.8. The van der Waals surface area contributed by atoms with Gasteiger partial charge in [0.05, 0.1) is 0 Å². The van der Waals surface area contributed by atoms with Crippen LogP contribution in [0.15, 0.2) is 24.3 Å². The van der Waals surface area contributed by atoms with Crippen LogP contribution in [0.5, 0.6) is 0 Å². The van der Waals surface area contributed by atoms with Crippen molar-refractivity contribution in [1.29, 1.82) is 0 Å². The fourth-order valence-corrected chi connectivity index (χ4v) is 1.86. The standard InChI is InChI=1S/C11H12O3/c1-7(12)14-10-6-8-4-2-3-5-9(8)11(10)13/h2-5,10-11,13H,6H2,1H3/t10-,11-/m0/s1. The molecule has 74 valence electrons. The minimum atomic E-state index is -0.671. The Hall–Kier alpha value is -1.35. The first-order chi connectivity index (χ1) is 6.68. The summed E-state index contributed by atoms with van der Waals surface area (Å²) in [7, 11) is 0. The van der Waals surface area contributed by atoms with E-state index in [0.717, 1.165) is 11.1 Å². The Morgan fingerprint density at radius 3 is 2.86 bits per heavy atom. The quantitative estimate of drug-likeness (QED) is 0.680. The summed E-state index contributed by atoms with van der Waals surface area (Å²) in [6, 6.07) is 7.60. The Labute approximate surface area is 82.3 Å². The molecule has 1 N–H and O–H groups in total. The first kappa shape index (κ1) is 9.21. The van der Waals surface area contributed by atoms with Gasteiger partial charge in [0.2, 0.25) is 0 Å². The maximum absolute atomic E-state index is 10.8. The fraction of sp³-hybridized carbons (Fsp3) is 0.364. The Kier molecular flexibility index (Phi) is 2.25. The number of hydrogen-bond acceptors (Lipinski definition) is 3. The van der Waals surface area contributed by atoms with Gasteiger partial charge in [0.25, 0.3) is 0 Å². The largest absolute Gasteiger partial charge is 0.459 e. The SMILES string of the molecule is CC(=O)O[C@H]1Cc2ccccc2[C@@H]1O. The van der Waals surface area contributed by atoms with Gasteiger partial charge in [0.15, 0.2) is 0 Å². The zero-order chi connectivity index (χ0) is 10.1. The van der Waals surface area contributed by atoms with Crippen molar-refractivity contribution in [3.63, 3.8) is 0 Å². The van der Waals surface area contributed by atoms with Crippen molar-refractivity contribution in [2.75, 3.05) is 0 Å². The van der Waals surface area contributed by atoms with Gasteiger partial charge in [-0.15, -0.1) is 0 Å². The van der Waals surface area contributed by atoms with Gasteiger partial charge in [-0.1, -0.05) is 24.3 Å². The number of rotatable bonds is 1. The molecule has 0 amide bonds. The van der Waals surface area contributed by atoms with Crippen molar-refractivity contribution in [2.45, 2.75) is 25.6 Å². The molecule has 14 heavy (non-hydrogen) atoms. The number of benzene rings is 1. The van der Waals surface area contributed by atoms with Crippen molar-refractivity contribution in [1.82, 2.24) is 0 Å². The predicted molar refractivity (Wildman–Crippen MR) is 50.7 cm³/mol. The van der Waals surface area contributed by atoms with Crippen molar-refractivity contribution in [3.8, 4) is 0 Å². The minimum absolute atomic E-state index is 0.346. The molecule has 0 heterocycles. The van der Waals surface area contributed by atoms with E-state index in [1.54, 1.807) is 0 Å². The van der Waals surface area contributed by atoms with Gasteiger partial charge in [0.1, 0.15) is 12.2 Å². The molecule has 2 atom stereocenters. The molecule has 0 unspecified atom stereocenters. The Balaban J connectivity index is 2.21. The van der Waals surface area contributed by atoms with Crippen LogP contribution >= 0.6 is 0 Å². The lowest BCUT2D eigenvalue weighted by molar-refractivity contribution is -0.151. The maximum Gasteiger partial charge on any atom is 0.303 e. The number of carbonyl (C=O) groups is 1. The average Bonchev–Trinajstić information content (AvgIpc) is 2.44. The summed E-state index contributed by atoms with van der Waals surface area (Å²) in [4.78, 5) is 10.8. The van der Waals surface area contributed by atoms with E-state index in [9.17, 15) is 9.90 Å². The van der Waals surface area contributed by atoms with E-state index in [1.165, 1.54) is 6.92 Å². The average molecular weight is 192 g/mol. The Morgan fingerprint density at radius 2 is 2.21 bits per heavy atom. The third-order valence-corrected chi connectivity index (χ3v) is 2.46. The monoisotopic (exact) mass is 192 g/mol. The van der Waals surface area contributed by atoms with Crippen molar-refractivity contribution in [2.24, 2.45) is 0 Å². The number of hydrogen-bond donors (Lipinski definition) is 1. The van der Waals surface area contributed by atoms with Crippen LogP contribution in [0.2, 0.25) is 0 Å². The molecule has 0 bridgehead atoms. The van der Waals surface area contributed by atoms with Crippen LogP contribution in [0.1, 0.15) is 24.2 Å². The molecule has 0 saturated heterocycles. The summed E-state index contributed by atoms with van der Waals surface area (Å²) in [6.45, 7) is 1.36. The van der Waals surface area contributed by atoms with Gasteiger partial charge in [0, 0.05) is 13.3 Å². The summed E-state index contributed by atoms with van der Waals surface area (Å²) in [5.41, 5.74) is 1.94. The molecule has 1 aromatic carbocycles. The zero-order valence-electron chi connectivity index (χ0n) is 7.93. The van der Waals surface area contributed by atoms with Gasteiger partial charge in [-0.25, -0.2) is 0 Å². The number of ether oxygens (including phenoxy) is 1. The number of aliphatic hydroxyl groups excluding tert-OH is 1. The molecule has 0 spiro atoms. The third-order valence-electron chi connectivity index (χ3n) is 2.46. The third kappa shape index (κ3) is 1.51. The summed E-state index contributed by atoms with van der Waals surface area (Å²) in [5.74, 6) is -0.346. The van der Waals surface area contributed by atoms with Crippen LogP contribution in [0.3, 0.4) is 0 Å². The minimum Gasteiger partial charge on any atom is -0.459 e. The van der Waals surface area contributed by atoms with Crippen LogP contribution < -0.4 is 0 Å². The molecular weight excluding hydrogens is 180 g/mol. The molecule has 2 rings (SSSR count). The topological polar surface area (TPSA) is 46.5 Å². The lowest BCUT2D eigenvalue weighted by atomic mass is 10.1. The first-order valence-corrected chi connectivity index (χ1v) is 4.61. The second kappa shape index (κ2) is 3.42. The molecule has 0 aliphatic heterocycles. The number of carbonyl (C=O) groups excluding carboxylic acids is 1. The van der Waals surface area contributed by atoms with Crippen LogP contribution in [0.25, 0.3) is 0 Å². The number of aliphatic hydroxyl groups is 1. The van der Waals surface area contributed by atoms with E-state index < -0.39 is 12.2 Å². The highest BCUT2D eigenvalue weighted by atomic mass is 16.6. The van der Waals surface area contributed by atoms with E-state index in [1.807, 2.05) is 24.3 Å². The van der Waals surface area contributed by atoms with Crippen molar-refractivity contribution >= 4 is 5.97 Å². The van der Waals surface area contributed by atoms with E-state index >= 15 is 0 Å². The first-order valence-electron chi connectivity index (χ1n) is 4.61. The van der Waals surface area contributed by atoms with Gasteiger partial charge in [-0.3, -0.25) is 4.79 Å².